The number of aliphatic hydroxyl groups excluding tert-OH is 1. The molecule has 4 nitrogen and oxygen atoms in total. The second-order valence-corrected chi connectivity index (χ2v) is 6.38. The largest absolute Gasteiger partial charge is 0.395 e. The molecule has 2 aromatic heterocycles. The number of thiazole rings is 1. The molecule has 0 fully saturated rings. The maximum absolute atomic E-state index is 9.31. The van der Waals surface area contributed by atoms with Gasteiger partial charge in [0.1, 0.15) is 5.01 Å². The van der Waals surface area contributed by atoms with Gasteiger partial charge in [0.15, 0.2) is 0 Å². The Bertz CT molecular complexity index is 715. The number of benzene rings is 1. The monoisotopic (exact) mass is 325 g/mol. The van der Waals surface area contributed by atoms with Gasteiger partial charge in [-0.05, 0) is 17.7 Å². The summed E-state index contributed by atoms with van der Waals surface area (Å²) in [6.07, 6.45) is 3.69. The van der Waals surface area contributed by atoms with Crippen molar-refractivity contribution in [2.45, 2.75) is 13.1 Å². The van der Waals surface area contributed by atoms with E-state index in [-0.39, 0.29) is 6.61 Å². The molecule has 3 aromatic rings. The van der Waals surface area contributed by atoms with Gasteiger partial charge in [-0.15, -0.1) is 11.3 Å². The lowest BCUT2D eigenvalue weighted by Crippen LogP contribution is -2.25. The highest BCUT2D eigenvalue weighted by molar-refractivity contribution is 7.14. The van der Waals surface area contributed by atoms with Crippen LogP contribution in [-0.4, -0.2) is 33.1 Å². The Morgan fingerprint density at radius 1 is 0.957 bits per heavy atom. The number of rotatable bonds is 7. The summed E-state index contributed by atoms with van der Waals surface area (Å²) in [4.78, 5) is 12.2. The number of hydrogen-bond acceptors (Lipinski definition) is 5. The Balaban J connectivity index is 1.69. The summed E-state index contributed by atoms with van der Waals surface area (Å²) in [5.74, 6) is 0. The van der Waals surface area contributed by atoms with Crippen LogP contribution in [0, 0.1) is 0 Å². The van der Waals surface area contributed by atoms with Gasteiger partial charge < -0.3 is 5.11 Å². The molecule has 1 N–H and O–H groups in total. The zero-order valence-corrected chi connectivity index (χ0v) is 13.6. The van der Waals surface area contributed by atoms with Gasteiger partial charge >= 0.3 is 0 Å². The third-order valence-electron chi connectivity index (χ3n) is 3.48. The summed E-state index contributed by atoms with van der Waals surface area (Å²) in [6, 6.07) is 16.2. The summed E-state index contributed by atoms with van der Waals surface area (Å²) in [5.41, 5.74) is 2.15. The van der Waals surface area contributed by atoms with Crippen molar-refractivity contribution in [1.82, 2.24) is 14.9 Å². The molecule has 0 bridgehead atoms. The zero-order chi connectivity index (χ0) is 15.9. The van der Waals surface area contributed by atoms with Crippen LogP contribution in [0.2, 0.25) is 0 Å². The van der Waals surface area contributed by atoms with Gasteiger partial charge in [-0.2, -0.15) is 0 Å². The predicted molar refractivity (Wildman–Crippen MR) is 93.0 cm³/mol. The summed E-state index contributed by atoms with van der Waals surface area (Å²) in [7, 11) is 0. The lowest BCUT2D eigenvalue weighted by atomic mass is 10.2. The van der Waals surface area contributed by atoms with Crippen LogP contribution in [0.25, 0.3) is 10.7 Å². The minimum Gasteiger partial charge on any atom is -0.395 e. The topological polar surface area (TPSA) is 49.2 Å². The quantitative estimate of drug-likeness (QED) is 0.725. The first-order chi connectivity index (χ1) is 11.3. The van der Waals surface area contributed by atoms with E-state index in [0.29, 0.717) is 6.54 Å². The molecule has 23 heavy (non-hydrogen) atoms. The van der Waals surface area contributed by atoms with Crippen LogP contribution in [0.3, 0.4) is 0 Å². The average molecular weight is 325 g/mol. The molecule has 0 aliphatic heterocycles. The molecular formula is C18H19N3OS. The summed E-state index contributed by atoms with van der Waals surface area (Å²) in [6.45, 7) is 2.39. The fourth-order valence-electron chi connectivity index (χ4n) is 2.41. The number of hydrogen-bond donors (Lipinski definition) is 1. The average Bonchev–Trinajstić information content (AvgIpc) is 3.05. The molecule has 1 aromatic carbocycles. The van der Waals surface area contributed by atoms with Crippen molar-refractivity contribution in [3.8, 4) is 10.7 Å². The van der Waals surface area contributed by atoms with Crippen LogP contribution in [0.1, 0.15) is 10.4 Å². The van der Waals surface area contributed by atoms with Crippen LogP contribution in [0.15, 0.2) is 60.9 Å². The summed E-state index contributed by atoms with van der Waals surface area (Å²) >= 11 is 1.65. The Labute approximate surface area is 140 Å². The number of nitrogens with zero attached hydrogens (tertiary/aromatic N) is 3. The standard InChI is InChI=1S/C18H19N3OS/c22-11-10-21(13-15-6-2-1-3-7-15)14-16-12-20-18(23-16)17-8-4-5-9-19-17/h1-9,12,22H,10-11,13-14H2. The van der Waals surface area contributed by atoms with Crippen LogP contribution in [0.5, 0.6) is 0 Å². The van der Waals surface area contributed by atoms with E-state index in [1.54, 1.807) is 17.5 Å². The van der Waals surface area contributed by atoms with Crippen molar-refractivity contribution < 1.29 is 5.11 Å². The molecule has 0 saturated carbocycles. The van der Waals surface area contributed by atoms with Gasteiger partial charge in [0.2, 0.25) is 0 Å². The fourth-order valence-corrected chi connectivity index (χ4v) is 3.34. The van der Waals surface area contributed by atoms with Gasteiger partial charge in [0, 0.05) is 36.9 Å². The van der Waals surface area contributed by atoms with E-state index in [2.05, 4.69) is 27.0 Å². The first kappa shape index (κ1) is 15.8. The van der Waals surface area contributed by atoms with Gasteiger partial charge in [0.25, 0.3) is 0 Å². The molecule has 0 aliphatic rings. The maximum Gasteiger partial charge on any atom is 0.142 e. The highest BCUT2D eigenvalue weighted by atomic mass is 32.1. The molecule has 0 amide bonds. The second-order valence-electron chi connectivity index (χ2n) is 5.27. The van der Waals surface area contributed by atoms with E-state index in [0.717, 1.165) is 23.8 Å². The first-order valence-corrected chi connectivity index (χ1v) is 8.40. The van der Waals surface area contributed by atoms with E-state index in [4.69, 9.17) is 0 Å². The zero-order valence-electron chi connectivity index (χ0n) is 12.8. The third kappa shape index (κ3) is 4.45. The Hall–Kier alpha value is -2.08. The Kier molecular flexibility index (Phi) is 5.47. The number of pyridine rings is 1. The SMILES string of the molecule is OCCN(Cc1ccccc1)Cc1cnc(-c2ccccn2)s1. The van der Waals surface area contributed by atoms with Crippen molar-refractivity contribution in [3.63, 3.8) is 0 Å². The number of aliphatic hydroxyl groups is 1. The van der Waals surface area contributed by atoms with E-state index in [9.17, 15) is 5.11 Å². The van der Waals surface area contributed by atoms with Crippen molar-refractivity contribution >= 4 is 11.3 Å². The van der Waals surface area contributed by atoms with Crippen molar-refractivity contribution in [1.29, 1.82) is 0 Å². The molecule has 118 valence electrons. The molecule has 0 radical (unpaired) electrons. The minimum atomic E-state index is 0.152. The van der Waals surface area contributed by atoms with Gasteiger partial charge in [0.05, 0.1) is 12.3 Å². The van der Waals surface area contributed by atoms with E-state index >= 15 is 0 Å². The smallest absolute Gasteiger partial charge is 0.142 e. The van der Waals surface area contributed by atoms with Gasteiger partial charge in [-0.3, -0.25) is 9.88 Å². The molecule has 0 aliphatic carbocycles. The van der Waals surface area contributed by atoms with Crippen LogP contribution >= 0.6 is 11.3 Å². The van der Waals surface area contributed by atoms with Crippen molar-refractivity contribution in [3.05, 3.63) is 71.4 Å². The van der Waals surface area contributed by atoms with Crippen LogP contribution < -0.4 is 0 Å². The van der Waals surface area contributed by atoms with Crippen LogP contribution in [0.4, 0.5) is 0 Å². The Morgan fingerprint density at radius 2 is 1.78 bits per heavy atom. The molecule has 5 heteroatoms. The third-order valence-corrected chi connectivity index (χ3v) is 4.49. The molecule has 0 spiro atoms. The minimum absolute atomic E-state index is 0.152. The van der Waals surface area contributed by atoms with Gasteiger partial charge in [-0.1, -0.05) is 36.4 Å². The fraction of sp³-hybridized carbons (Fsp3) is 0.222. The number of aromatic nitrogens is 2. The summed E-state index contributed by atoms with van der Waals surface area (Å²) < 4.78 is 0. The van der Waals surface area contributed by atoms with E-state index in [1.165, 1.54) is 10.4 Å². The van der Waals surface area contributed by atoms with Crippen molar-refractivity contribution in [2.75, 3.05) is 13.2 Å². The van der Waals surface area contributed by atoms with E-state index in [1.807, 2.05) is 42.6 Å². The molecule has 2 heterocycles. The second kappa shape index (κ2) is 7.97. The normalized spacial score (nSPS) is 11.0. The molecular weight excluding hydrogens is 306 g/mol. The van der Waals surface area contributed by atoms with Crippen LogP contribution in [-0.2, 0) is 13.1 Å². The molecule has 3 rings (SSSR count). The summed E-state index contributed by atoms with van der Waals surface area (Å²) in [5, 5.41) is 10.2. The molecule has 0 atom stereocenters. The first-order valence-electron chi connectivity index (χ1n) is 7.58. The predicted octanol–water partition coefficient (Wildman–Crippen LogP) is 3.20. The molecule has 0 saturated heterocycles. The highest BCUT2D eigenvalue weighted by Crippen LogP contribution is 2.24. The lowest BCUT2D eigenvalue weighted by Gasteiger charge is -2.20. The maximum atomic E-state index is 9.31. The Morgan fingerprint density at radius 3 is 2.52 bits per heavy atom. The van der Waals surface area contributed by atoms with Crippen molar-refractivity contribution in [2.24, 2.45) is 0 Å². The highest BCUT2D eigenvalue weighted by Gasteiger charge is 2.10. The van der Waals surface area contributed by atoms with E-state index < -0.39 is 0 Å². The molecule has 0 unspecified atom stereocenters. The lowest BCUT2D eigenvalue weighted by molar-refractivity contribution is 0.185. The van der Waals surface area contributed by atoms with Gasteiger partial charge in [-0.25, -0.2) is 4.98 Å².